The van der Waals surface area contributed by atoms with Crippen LogP contribution in [0.5, 0.6) is 0 Å². The maximum Gasteiger partial charge on any atom is 0.140 e. The highest BCUT2D eigenvalue weighted by atomic mass is 79.9. The van der Waals surface area contributed by atoms with Crippen LogP contribution in [0, 0.1) is 0 Å². The first-order valence-electron chi connectivity index (χ1n) is 5.21. The number of rotatable bonds is 4. The van der Waals surface area contributed by atoms with Gasteiger partial charge in [-0.3, -0.25) is 0 Å². The van der Waals surface area contributed by atoms with E-state index in [0.29, 0.717) is 11.6 Å². The number of nitrogens with one attached hydrogen (secondary N) is 1. The second-order valence-electron chi connectivity index (χ2n) is 3.75. The third kappa shape index (κ3) is 3.17. The van der Waals surface area contributed by atoms with E-state index in [0.717, 1.165) is 21.8 Å². The van der Waals surface area contributed by atoms with Gasteiger partial charge in [0.15, 0.2) is 0 Å². The predicted molar refractivity (Wildman–Crippen MR) is 75.4 cm³/mol. The Hall–Kier alpha value is -1.14. The van der Waals surface area contributed by atoms with Gasteiger partial charge in [-0.25, -0.2) is 9.97 Å². The first-order chi connectivity index (χ1) is 8.16. The average molecular weight is 313 g/mol. The van der Waals surface area contributed by atoms with Crippen LogP contribution in [0.4, 0.5) is 11.5 Å². The van der Waals surface area contributed by atoms with Crippen LogP contribution < -0.4 is 11.1 Å². The van der Waals surface area contributed by atoms with Crippen molar-refractivity contribution in [2.45, 2.75) is 12.8 Å². The number of hydrogen-bond donors (Lipinski definition) is 2. The van der Waals surface area contributed by atoms with Crippen molar-refractivity contribution >= 4 is 38.8 Å². The van der Waals surface area contributed by atoms with Crippen molar-refractivity contribution in [1.82, 2.24) is 9.97 Å². The van der Waals surface area contributed by atoms with E-state index in [4.69, 9.17) is 5.73 Å². The summed E-state index contributed by atoms with van der Waals surface area (Å²) in [7, 11) is 0. The van der Waals surface area contributed by atoms with Gasteiger partial charge in [-0.1, -0.05) is 6.92 Å². The Morgan fingerprint density at radius 1 is 1.53 bits per heavy atom. The first kappa shape index (κ1) is 12.3. The SMILES string of the molecule is CC(CNc1ncc(N)cc1Br)c1nccs1. The smallest absolute Gasteiger partial charge is 0.140 e. The molecule has 2 heterocycles. The lowest BCUT2D eigenvalue weighted by Crippen LogP contribution is -2.11. The topological polar surface area (TPSA) is 63.8 Å². The second kappa shape index (κ2) is 5.46. The van der Waals surface area contributed by atoms with Gasteiger partial charge >= 0.3 is 0 Å². The molecule has 0 aliphatic carbocycles. The van der Waals surface area contributed by atoms with Crippen LogP contribution in [-0.4, -0.2) is 16.5 Å². The van der Waals surface area contributed by atoms with Gasteiger partial charge in [0.2, 0.25) is 0 Å². The highest BCUT2D eigenvalue weighted by molar-refractivity contribution is 9.10. The average Bonchev–Trinajstić information content (AvgIpc) is 2.81. The molecule has 2 aromatic rings. The van der Waals surface area contributed by atoms with Crippen molar-refractivity contribution in [1.29, 1.82) is 0 Å². The zero-order valence-electron chi connectivity index (χ0n) is 9.35. The van der Waals surface area contributed by atoms with Crippen molar-refractivity contribution in [2.75, 3.05) is 17.6 Å². The van der Waals surface area contributed by atoms with Crippen LogP contribution in [0.1, 0.15) is 17.8 Å². The van der Waals surface area contributed by atoms with Gasteiger partial charge in [0.25, 0.3) is 0 Å². The molecule has 17 heavy (non-hydrogen) atoms. The molecule has 90 valence electrons. The summed E-state index contributed by atoms with van der Waals surface area (Å²) < 4.78 is 0.879. The molecule has 6 heteroatoms. The number of pyridine rings is 1. The van der Waals surface area contributed by atoms with E-state index in [2.05, 4.69) is 38.1 Å². The summed E-state index contributed by atoms with van der Waals surface area (Å²) in [4.78, 5) is 8.52. The lowest BCUT2D eigenvalue weighted by atomic mass is 10.2. The second-order valence-corrected chi connectivity index (χ2v) is 5.53. The Bertz CT molecular complexity index is 486. The Kier molecular flexibility index (Phi) is 3.96. The molecule has 0 fully saturated rings. The quantitative estimate of drug-likeness (QED) is 0.910. The molecule has 2 rings (SSSR count). The molecule has 2 aromatic heterocycles. The van der Waals surface area contributed by atoms with Gasteiger partial charge in [0.05, 0.1) is 21.4 Å². The third-order valence-corrected chi connectivity index (χ3v) is 3.92. The molecule has 0 aliphatic heterocycles. The molecule has 3 N–H and O–H groups in total. The summed E-state index contributed by atoms with van der Waals surface area (Å²) in [6.45, 7) is 2.93. The van der Waals surface area contributed by atoms with E-state index < -0.39 is 0 Å². The molecule has 4 nitrogen and oxygen atoms in total. The first-order valence-corrected chi connectivity index (χ1v) is 6.88. The van der Waals surface area contributed by atoms with Gasteiger partial charge < -0.3 is 11.1 Å². The van der Waals surface area contributed by atoms with E-state index in [1.54, 1.807) is 17.5 Å². The molecule has 0 saturated heterocycles. The summed E-state index contributed by atoms with van der Waals surface area (Å²) in [5, 5.41) is 6.40. The largest absolute Gasteiger partial charge is 0.397 e. The number of thiazole rings is 1. The fraction of sp³-hybridized carbons (Fsp3) is 0.273. The molecular weight excluding hydrogens is 300 g/mol. The van der Waals surface area contributed by atoms with Gasteiger partial charge in [0.1, 0.15) is 5.82 Å². The van der Waals surface area contributed by atoms with Crippen LogP contribution in [-0.2, 0) is 0 Å². The standard InChI is InChI=1S/C11H13BrN4S/c1-7(11-14-2-3-17-11)5-15-10-9(12)4-8(13)6-16-10/h2-4,6-7H,5,13H2,1H3,(H,15,16). The fourth-order valence-electron chi connectivity index (χ4n) is 1.40. The maximum atomic E-state index is 5.63. The minimum atomic E-state index is 0.362. The molecule has 1 unspecified atom stereocenters. The Balaban J connectivity index is 1.98. The number of halogens is 1. The predicted octanol–water partition coefficient (Wildman–Crippen LogP) is 3.10. The summed E-state index contributed by atoms with van der Waals surface area (Å²) in [6, 6.07) is 1.84. The summed E-state index contributed by atoms with van der Waals surface area (Å²) in [5.74, 6) is 1.17. The van der Waals surface area contributed by atoms with Crippen molar-refractivity contribution < 1.29 is 0 Å². The van der Waals surface area contributed by atoms with Crippen molar-refractivity contribution in [2.24, 2.45) is 0 Å². The van der Waals surface area contributed by atoms with Crippen LogP contribution in [0.25, 0.3) is 0 Å². The Morgan fingerprint density at radius 2 is 2.35 bits per heavy atom. The monoisotopic (exact) mass is 312 g/mol. The lowest BCUT2D eigenvalue weighted by Gasteiger charge is -2.11. The molecule has 0 amide bonds. The molecule has 1 atom stereocenters. The Morgan fingerprint density at radius 3 is 3.00 bits per heavy atom. The summed E-state index contributed by atoms with van der Waals surface area (Å²) >= 11 is 5.10. The van der Waals surface area contributed by atoms with E-state index in [9.17, 15) is 0 Å². The molecular formula is C11H13BrN4S. The van der Waals surface area contributed by atoms with Crippen LogP contribution in [0.2, 0.25) is 0 Å². The Labute approximate surface area is 112 Å². The molecule has 0 saturated carbocycles. The molecule has 0 aromatic carbocycles. The maximum absolute atomic E-state index is 5.63. The fourth-order valence-corrected chi connectivity index (χ4v) is 2.60. The highest BCUT2D eigenvalue weighted by Crippen LogP contribution is 2.23. The van der Waals surface area contributed by atoms with Crippen LogP contribution >= 0.6 is 27.3 Å². The lowest BCUT2D eigenvalue weighted by molar-refractivity contribution is 0.791. The van der Waals surface area contributed by atoms with E-state index in [1.807, 2.05) is 17.6 Å². The molecule has 0 spiro atoms. The van der Waals surface area contributed by atoms with Crippen LogP contribution in [0.3, 0.4) is 0 Å². The molecule has 0 aliphatic rings. The van der Waals surface area contributed by atoms with Gasteiger partial charge in [-0.05, 0) is 22.0 Å². The summed E-state index contributed by atoms with van der Waals surface area (Å²) in [6.07, 6.45) is 3.47. The zero-order chi connectivity index (χ0) is 12.3. The highest BCUT2D eigenvalue weighted by Gasteiger charge is 2.09. The number of nitrogens with zero attached hydrogens (tertiary/aromatic N) is 2. The van der Waals surface area contributed by atoms with E-state index >= 15 is 0 Å². The van der Waals surface area contributed by atoms with Gasteiger partial charge in [-0.15, -0.1) is 11.3 Å². The number of aromatic nitrogens is 2. The van der Waals surface area contributed by atoms with Gasteiger partial charge in [-0.2, -0.15) is 0 Å². The minimum absolute atomic E-state index is 0.362. The number of nitrogen functional groups attached to an aromatic ring is 1. The number of anilines is 2. The van der Waals surface area contributed by atoms with Gasteiger partial charge in [0, 0.05) is 24.0 Å². The normalized spacial score (nSPS) is 12.4. The van der Waals surface area contributed by atoms with Crippen molar-refractivity contribution in [3.63, 3.8) is 0 Å². The zero-order valence-corrected chi connectivity index (χ0v) is 11.8. The summed E-state index contributed by atoms with van der Waals surface area (Å²) in [5.41, 5.74) is 6.28. The van der Waals surface area contributed by atoms with E-state index in [-0.39, 0.29) is 0 Å². The van der Waals surface area contributed by atoms with E-state index in [1.165, 1.54) is 0 Å². The number of nitrogens with two attached hydrogens (primary N) is 1. The minimum Gasteiger partial charge on any atom is -0.397 e. The number of hydrogen-bond acceptors (Lipinski definition) is 5. The molecule has 0 bridgehead atoms. The van der Waals surface area contributed by atoms with Crippen LogP contribution in [0.15, 0.2) is 28.3 Å². The van der Waals surface area contributed by atoms with Crippen molar-refractivity contribution in [3.8, 4) is 0 Å². The van der Waals surface area contributed by atoms with Crippen molar-refractivity contribution in [3.05, 3.63) is 33.3 Å². The molecule has 0 radical (unpaired) electrons. The third-order valence-electron chi connectivity index (χ3n) is 2.31.